The quantitative estimate of drug-likeness (QED) is 0.690. The maximum Gasteiger partial charge on any atom is 0.340 e. The van der Waals surface area contributed by atoms with E-state index >= 15 is 0 Å². The number of ether oxygens (including phenoxy) is 1. The Hall–Kier alpha value is -2.40. The molecule has 0 spiro atoms. The summed E-state index contributed by atoms with van der Waals surface area (Å²) in [6.45, 7) is 0. The van der Waals surface area contributed by atoms with Crippen LogP contribution in [0.15, 0.2) is 48.7 Å². The van der Waals surface area contributed by atoms with E-state index in [1.165, 1.54) is 18.3 Å². The van der Waals surface area contributed by atoms with Crippen LogP contribution < -0.4 is 5.73 Å². The Bertz CT molecular complexity index is 614. The minimum Gasteiger partial charge on any atom is -0.444 e. The number of nitrogens with zero attached hydrogens (tertiary/aromatic N) is 1. The van der Waals surface area contributed by atoms with Gasteiger partial charge in [-0.2, -0.15) is 0 Å². The first-order chi connectivity index (χ1) is 9.58. The lowest BCUT2D eigenvalue weighted by Gasteiger charge is -2.14. The molecule has 1 aromatic heterocycles. The summed E-state index contributed by atoms with van der Waals surface area (Å²) in [5.74, 6) is -1.44. The van der Waals surface area contributed by atoms with Gasteiger partial charge in [-0.25, -0.2) is 9.78 Å². The molecule has 2 aromatic rings. The van der Waals surface area contributed by atoms with Crippen LogP contribution in [0.1, 0.15) is 22.0 Å². The Morgan fingerprint density at radius 3 is 2.40 bits per heavy atom. The standard InChI is InChI=1S/C14H11ClN2O3/c15-11-7-6-10(8-17-11)14(19)20-12(13(16)18)9-4-2-1-3-5-9/h1-8,12H,(H2,16,18). The molecule has 0 radical (unpaired) electrons. The van der Waals surface area contributed by atoms with Crippen molar-refractivity contribution in [3.63, 3.8) is 0 Å². The summed E-state index contributed by atoms with van der Waals surface area (Å²) >= 11 is 5.63. The molecule has 5 nitrogen and oxygen atoms in total. The molecule has 102 valence electrons. The van der Waals surface area contributed by atoms with Crippen LogP contribution >= 0.6 is 11.6 Å². The summed E-state index contributed by atoms with van der Waals surface area (Å²) < 4.78 is 5.13. The number of aromatic nitrogens is 1. The number of nitrogens with two attached hydrogens (primary N) is 1. The van der Waals surface area contributed by atoms with Gasteiger partial charge in [0.15, 0.2) is 0 Å². The topological polar surface area (TPSA) is 82.3 Å². The van der Waals surface area contributed by atoms with Gasteiger partial charge in [0, 0.05) is 11.8 Å². The molecule has 2 rings (SSSR count). The van der Waals surface area contributed by atoms with E-state index in [9.17, 15) is 9.59 Å². The monoisotopic (exact) mass is 290 g/mol. The molecule has 0 bridgehead atoms. The van der Waals surface area contributed by atoms with Crippen molar-refractivity contribution in [1.82, 2.24) is 4.98 Å². The highest BCUT2D eigenvalue weighted by molar-refractivity contribution is 6.29. The van der Waals surface area contributed by atoms with Crippen LogP contribution in [0.4, 0.5) is 0 Å². The zero-order valence-corrected chi connectivity index (χ0v) is 11.1. The predicted molar refractivity (Wildman–Crippen MR) is 73.0 cm³/mol. The second-order valence-electron chi connectivity index (χ2n) is 3.97. The van der Waals surface area contributed by atoms with E-state index in [0.717, 1.165) is 0 Å². The van der Waals surface area contributed by atoms with Gasteiger partial charge in [0.1, 0.15) is 5.15 Å². The van der Waals surface area contributed by atoms with E-state index < -0.39 is 18.0 Å². The van der Waals surface area contributed by atoms with Crippen molar-refractivity contribution >= 4 is 23.5 Å². The highest BCUT2D eigenvalue weighted by Crippen LogP contribution is 2.19. The number of benzene rings is 1. The summed E-state index contributed by atoms with van der Waals surface area (Å²) in [4.78, 5) is 27.1. The van der Waals surface area contributed by atoms with Crippen molar-refractivity contribution in [3.8, 4) is 0 Å². The number of esters is 1. The van der Waals surface area contributed by atoms with E-state index in [-0.39, 0.29) is 10.7 Å². The number of halogens is 1. The summed E-state index contributed by atoms with van der Waals surface area (Å²) in [5, 5.41) is 0.260. The van der Waals surface area contributed by atoms with Gasteiger partial charge >= 0.3 is 5.97 Å². The van der Waals surface area contributed by atoms with E-state index in [2.05, 4.69) is 4.98 Å². The zero-order valence-electron chi connectivity index (χ0n) is 10.3. The lowest BCUT2D eigenvalue weighted by molar-refractivity contribution is -0.127. The second kappa shape index (κ2) is 6.16. The van der Waals surface area contributed by atoms with Gasteiger partial charge in [-0.1, -0.05) is 41.9 Å². The number of pyridine rings is 1. The van der Waals surface area contributed by atoms with Crippen LogP contribution in [0.5, 0.6) is 0 Å². The fraction of sp³-hybridized carbons (Fsp3) is 0.0714. The Morgan fingerprint density at radius 1 is 1.15 bits per heavy atom. The second-order valence-corrected chi connectivity index (χ2v) is 4.36. The number of carbonyl (C=O) groups is 2. The summed E-state index contributed by atoms with van der Waals surface area (Å²) in [7, 11) is 0. The average Bonchev–Trinajstić information content (AvgIpc) is 2.46. The molecule has 2 N–H and O–H groups in total. The number of amides is 1. The number of hydrogen-bond donors (Lipinski definition) is 1. The highest BCUT2D eigenvalue weighted by atomic mass is 35.5. The average molecular weight is 291 g/mol. The van der Waals surface area contributed by atoms with Crippen molar-refractivity contribution in [2.24, 2.45) is 5.73 Å². The fourth-order valence-electron chi connectivity index (χ4n) is 1.59. The first-order valence-electron chi connectivity index (χ1n) is 5.74. The zero-order chi connectivity index (χ0) is 14.5. The molecular weight excluding hydrogens is 280 g/mol. The van der Waals surface area contributed by atoms with Gasteiger partial charge in [-0.3, -0.25) is 4.79 Å². The maximum absolute atomic E-state index is 11.9. The smallest absolute Gasteiger partial charge is 0.340 e. The Kier molecular flexibility index (Phi) is 4.32. The molecular formula is C14H11ClN2O3. The summed E-state index contributed by atoms with van der Waals surface area (Å²) in [6.07, 6.45) is 0.132. The molecule has 0 saturated heterocycles. The van der Waals surface area contributed by atoms with Crippen LogP contribution in [-0.2, 0) is 9.53 Å². The molecule has 1 unspecified atom stereocenters. The van der Waals surface area contributed by atoms with Crippen molar-refractivity contribution in [2.45, 2.75) is 6.10 Å². The molecule has 0 aliphatic rings. The van der Waals surface area contributed by atoms with E-state index in [0.29, 0.717) is 5.56 Å². The molecule has 20 heavy (non-hydrogen) atoms. The summed E-state index contributed by atoms with van der Waals surface area (Å²) in [5.41, 5.74) is 5.97. The number of hydrogen-bond acceptors (Lipinski definition) is 4. The molecule has 0 fully saturated rings. The Balaban J connectivity index is 2.19. The van der Waals surface area contributed by atoms with Gasteiger partial charge in [0.2, 0.25) is 6.10 Å². The van der Waals surface area contributed by atoms with E-state index in [1.54, 1.807) is 30.3 Å². The fourth-order valence-corrected chi connectivity index (χ4v) is 1.70. The van der Waals surface area contributed by atoms with Crippen molar-refractivity contribution in [3.05, 3.63) is 64.9 Å². The molecule has 1 heterocycles. The van der Waals surface area contributed by atoms with Crippen LogP contribution in [-0.4, -0.2) is 16.9 Å². The third-order valence-corrected chi connectivity index (χ3v) is 2.77. The predicted octanol–water partition coefficient (Wildman–Crippen LogP) is 2.12. The van der Waals surface area contributed by atoms with Gasteiger partial charge in [0.25, 0.3) is 5.91 Å². The first kappa shape index (κ1) is 14.0. The lowest BCUT2D eigenvalue weighted by atomic mass is 10.1. The number of primary amides is 1. The van der Waals surface area contributed by atoms with Crippen LogP contribution in [0.2, 0.25) is 5.15 Å². The SMILES string of the molecule is NC(=O)C(OC(=O)c1ccc(Cl)nc1)c1ccccc1. The third-order valence-electron chi connectivity index (χ3n) is 2.55. The molecule has 0 aliphatic heterocycles. The molecule has 0 saturated carbocycles. The Labute approximate surface area is 120 Å². The van der Waals surface area contributed by atoms with Crippen molar-refractivity contribution in [2.75, 3.05) is 0 Å². The lowest BCUT2D eigenvalue weighted by Crippen LogP contribution is -2.26. The third kappa shape index (κ3) is 3.33. The van der Waals surface area contributed by atoms with E-state index in [1.807, 2.05) is 0 Å². The van der Waals surface area contributed by atoms with Gasteiger partial charge in [-0.15, -0.1) is 0 Å². The maximum atomic E-state index is 11.9. The van der Waals surface area contributed by atoms with E-state index in [4.69, 9.17) is 22.1 Å². The van der Waals surface area contributed by atoms with Crippen LogP contribution in [0, 0.1) is 0 Å². The minimum absolute atomic E-state index is 0.191. The molecule has 0 aliphatic carbocycles. The number of rotatable bonds is 4. The first-order valence-corrected chi connectivity index (χ1v) is 6.12. The van der Waals surface area contributed by atoms with Crippen molar-refractivity contribution in [1.29, 1.82) is 0 Å². The molecule has 1 aromatic carbocycles. The molecule has 1 atom stereocenters. The summed E-state index contributed by atoms with van der Waals surface area (Å²) in [6, 6.07) is 11.5. The molecule has 1 amide bonds. The minimum atomic E-state index is -1.14. The highest BCUT2D eigenvalue weighted by Gasteiger charge is 2.23. The Morgan fingerprint density at radius 2 is 1.85 bits per heavy atom. The van der Waals surface area contributed by atoms with Crippen LogP contribution in [0.25, 0.3) is 0 Å². The van der Waals surface area contributed by atoms with Gasteiger partial charge in [0.05, 0.1) is 5.56 Å². The molecule has 6 heteroatoms. The van der Waals surface area contributed by atoms with Crippen molar-refractivity contribution < 1.29 is 14.3 Å². The normalized spacial score (nSPS) is 11.7. The van der Waals surface area contributed by atoms with Gasteiger partial charge in [-0.05, 0) is 12.1 Å². The number of carbonyl (C=O) groups excluding carboxylic acids is 2. The van der Waals surface area contributed by atoms with Crippen LogP contribution in [0.3, 0.4) is 0 Å². The largest absolute Gasteiger partial charge is 0.444 e. The van der Waals surface area contributed by atoms with Gasteiger partial charge < -0.3 is 10.5 Å².